The van der Waals surface area contributed by atoms with Crippen molar-refractivity contribution in [3.8, 4) is 0 Å². The van der Waals surface area contributed by atoms with E-state index >= 15 is 0 Å². The summed E-state index contributed by atoms with van der Waals surface area (Å²) in [5.74, 6) is 0. The number of piperazine rings is 1. The zero-order valence-electron chi connectivity index (χ0n) is 19.7. The minimum absolute atomic E-state index is 0.0483. The number of pyridine rings is 1. The van der Waals surface area contributed by atoms with E-state index in [-0.39, 0.29) is 11.1 Å². The Bertz CT molecular complexity index is 1440. The zero-order chi connectivity index (χ0) is 23.8. The fraction of sp³-hybridized carbons (Fsp3) is 0.370. The van der Waals surface area contributed by atoms with Crippen LogP contribution in [0, 0.1) is 0 Å². The van der Waals surface area contributed by atoms with Gasteiger partial charge in [-0.2, -0.15) is 4.31 Å². The number of rotatable bonds is 6. The summed E-state index contributed by atoms with van der Waals surface area (Å²) in [6, 6.07) is 18.2. The summed E-state index contributed by atoms with van der Waals surface area (Å²) in [5.41, 5.74) is 1.35. The molecule has 4 heterocycles. The van der Waals surface area contributed by atoms with E-state index in [9.17, 15) is 8.42 Å². The van der Waals surface area contributed by atoms with Crippen LogP contribution in [-0.2, 0) is 10.0 Å². The number of hydrogen-bond donors (Lipinski definition) is 0. The van der Waals surface area contributed by atoms with E-state index in [1.54, 1.807) is 16.6 Å². The minimum Gasteiger partial charge on any atom is -0.368 e. The van der Waals surface area contributed by atoms with Gasteiger partial charge in [0, 0.05) is 65.8 Å². The predicted molar refractivity (Wildman–Crippen MR) is 144 cm³/mol. The maximum absolute atomic E-state index is 13.5. The molecule has 2 aromatic heterocycles. The monoisotopic (exact) mass is 506 g/mol. The Balaban J connectivity index is 1.09. The van der Waals surface area contributed by atoms with E-state index in [0.717, 1.165) is 62.8 Å². The van der Waals surface area contributed by atoms with Crippen molar-refractivity contribution in [3.05, 3.63) is 66.2 Å². The third-order valence-corrected chi connectivity index (χ3v) is 10.3. The molecule has 4 aromatic rings. The molecule has 0 aliphatic carbocycles. The molecule has 2 aliphatic heterocycles. The van der Waals surface area contributed by atoms with Gasteiger partial charge in [0.1, 0.15) is 0 Å². The van der Waals surface area contributed by atoms with Gasteiger partial charge in [0.15, 0.2) is 5.03 Å². The summed E-state index contributed by atoms with van der Waals surface area (Å²) in [7, 11) is -3.59. The summed E-state index contributed by atoms with van der Waals surface area (Å²) in [5, 5.41) is 5.66. The highest BCUT2D eigenvalue weighted by molar-refractivity contribution is 7.89. The molecule has 8 heteroatoms. The first-order chi connectivity index (χ1) is 17.1. The van der Waals surface area contributed by atoms with Crippen molar-refractivity contribution in [2.24, 2.45) is 0 Å². The molecule has 182 valence electrons. The summed E-state index contributed by atoms with van der Waals surface area (Å²) in [4.78, 5) is 9.30. The molecule has 0 saturated carbocycles. The lowest BCUT2D eigenvalue weighted by atomic mass is 10.1. The third-order valence-electron chi connectivity index (χ3n) is 7.45. The molecular weight excluding hydrogens is 476 g/mol. The Morgan fingerprint density at radius 2 is 1.71 bits per heavy atom. The van der Waals surface area contributed by atoms with Crippen molar-refractivity contribution < 1.29 is 8.42 Å². The van der Waals surface area contributed by atoms with Crippen LogP contribution in [0.4, 0.5) is 5.69 Å². The van der Waals surface area contributed by atoms with Gasteiger partial charge in [0.2, 0.25) is 0 Å². The first-order valence-electron chi connectivity index (χ1n) is 12.4. The highest BCUT2D eigenvalue weighted by atomic mass is 32.2. The lowest BCUT2D eigenvalue weighted by molar-refractivity contribution is 0.232. The van der Waals surface area contributed by atoms with Crippen LogP contribution in [-0.4, -0.2) is 67.9 Å². The highest BCUT2D eigenvalue weighted by Gasteiger charge is 2.36. The Morgan fingerprint density at radius 1 is 0.943 bits per heavy atom. The normalized spacial score (nSPS) is 20.2. The van der Waals surface area contributed by atoms with Gasteiger partial charge in [-0.05, 0) is 43.3 Å². The lowest BCUT2D eigenvalue weighted by Crippen LogP contribution is -2.47. The number of sulfonamides is 1. The van der Waals surface area contributed by atoms with Gasteiger partial charge in [-0.25, -0.2) is 13.4 Å². The molecule has 0 radical (unpaired) electrons. The van der Waals surface area contributed by atoms with Gasteiger partial charge < -0.3 is 4.90 Å². The molecule has 1 atom stereocenters. The molecule has 6 rings (SSSR count). The number of benzene rings is 2. The maximum atomic E-state index is 13.5. The van der Waals surface area contributed by atoms with E-state index in [1.165, 1.54) is 15.8 Å². The summed E-state index contributed by atoms with van der Waals surface area (Å²) >= 11 is 1.81. The number of hydrogen-bond acceptors (Lipinski definition) is 6. The Kier molecular flexibility index (Phi) is 6.22. The molecule has 35 heavy (non-hydrogen) atoms. The van der Waals surface area contributed by atoms with Crippen molar-refractivity contribution in [1.29, 1.82) is 0 Å². The Hall–Kier alpha value is -2.52. The smallest absolute Gasteiger partial charge is 0.260 e. The molecule has 0 amide bonds. The van der Waals surface area contributed by atoms with E-state index in [1.807, 2.05) is 35.6 Å². The summed E-state index contributed by atoms with van der Waals surface area (Å²) in [6.07, 6.45) is 4.38. The van der Waals surface area contributed by atoms with E-state index in [4.69, 9.17) is 0 Å². The Labute approximate surface area is 210 Å². The van der Waals surface area contributed by atoms with Gasteiger partial charge in [-0.15, -0.1) is 11.3 Å². The molecule has 1 unspecified atom stereocenters. The zero-order valence-corrected chi connectivity index (χ0v) is 21.3. The standard InChI is InChI=1S/C27H30N4O2S2/c32-35(33,27-18-21-6-1-2-7-22(21)19-28-27)31-12-5-8-23(31)11-13-29-14-16-30(17-15-29)25-20-34-26-10-4-3-9-24(25)26/h1-4,6-7,9-10,18-20,23H,5,8,11-17H2. The number of aromatic nitrogens is 1. The molecule has 2 aromatic carbocycles. The first kappa shape index (κ1) is 22.9. The predicted octanol–water partition coefficient (Wildman–Crippen LogP) is 4.81. The van der Waals surface area contributed by atoms with Gasteiger partial charge in [0.05, 0.1) is 5.69 Å². The molecule has 2 saturated heterocycles. The van der Waals surface area contributed by atoms with Crippen LogP contribution in [0.3, 0.4) is 0 Å². The highest BCUT2D eigenvalue weighted by Crippen LogP contribution is 2.33. The summed E-state index contributed by atoms with van der Waals surface area (Å²) < 4.78 is 30.0. The second kappa shape index (κ2) is 9.50. The van der Waals surface area contributed by atoms with Gasteiger partial charge in [-0.3, -0.25) is 4.90 Å². The molecule has 2 aliphatic rings. The van der Waals surface area contributed by atoms with Crippen LogP contribution in [0.25, 0.3) is 20.9 Å². The second-order valence-corrected chi connectivity index (χ2v) is 12.3. The van der Waals surface area contributed by atoms with Crippen LogP contribution >= 0.6 is 11.3 Å². The van der Waals surface area contributed by atoms with Crippen molar-refractivity contribution in [2.75, 3.05) is 44.2 Å². The molecular formula is C27H30N4O2S2. The van der Waals surface area contributed by atoms with Crippen molar-refractivity contribution in [1.82, 2.24) is 14.2 Å². The first-order valence-corrected chi connectivity index (χ1v) is 14.7. The Morgan fingerprint density at radius 3 is 2.57 bits per heavy atom. The molecule has 0 spiro atoms. The molecule has 6 nitrogen and oxygen atoms in total. The van der Waals surface area contributed by atoms with E-state index < -0.39 is 10.0 Å². The SMILES string of the molecule is O=S(=O)(c1cc2ccccc2cn1)N1CCCC1CCN1CCN(c2csc3ccccc23)CC1. The number of nitrogens with zero attached hydrogens (tertiary/aromatic N) is 4. The van der Waals surface area contributed by atoms with Crippen LogP contribution in [0.15, 0.2) is 71.2 Å². The van der Waals surface area contributed by atoms with E-state index in [0.29, 0.717) is 6.54 Å². The fourth-order valence-corrected chi connectivity index (χ4v) is 8.14. The quantitative estimate of drug-likeness (QED) is 0.376. The topological polar surface area (TPSA) is 56.8 Å². The van der Waals surface area contributed by atoms with Crippen molar-refractivity contribution in [2.45, 2.75) is 30.3 Å². The lowest BCUT2D eigenvalue weighted by Gasteiger charge is -2.36. The molecule has 2 fully saturated rings. The van der Waals surface area contributed by atoms with Crippen molar-refractivity contribution in [3.63, 3.8) is 0 Å². The van der Waals surface area contributed by atoms with Gasteiger partial charge in [-0.1, -0.05) is 42.5 Å². The van der Waals surface area contributed by atoms with Gasteiger partial charge in [0.25, 0.3) is 10.0 Å². The van der Waals surface area contributed by atoms with Crippen LogP contribution < -0.4 is 4.90 Å². The summed E-state index contributed by atoms with van der Waals surface area (Å²) in [6.45, 7) is 5.55. The third kappa shape index (κ3) is 4.44. The molecule has 0 bridgehead atoms. The molecule has 0 N–H and O–H groups in total. The van der Waals surface area contributed by atoms with E-state index in [2.05, 4.69) is 44.4 Å². The minimum atomic E-state index is -3.59. The number of anilines is 1. The largest absolute Gasteiger partial charge is 0.368 e. The average molecular weight is 507 g/mol. The van der Waals surface area contributed by atoms with Crippen LogP contribution in [0.2, 0.25) is 0 Å². The second-order valence-electron chi connectivity index (χ2n) is 9.52. The maximum Gasteiger partial charge on any atom is 0.260 e. The van der Waals surface area contributed by atoms with Crippen molar-refractivity contribution >= 4 is 47.9 Å². The fourth-order valence-electron chi connectivity index (χ4n) is 5.49. The number of thiophene rings is 1. The van der Waals surface area contributed by atoms with Crippen LogP contribution in [0.5, 0.6) is 0 Å². The number of fused-ring (bicyclic) bond motifs is 2. The van der Waals surface area contributed by atoms with Gasteiger partial charge >= 0.3 is 0 Å². The average Bonchev–Trinajstić information content (AvgIpc) is 3.55. The van der Waals surface area contributed by atoms with Crippen LogP contribution in [0.1, 0.15) is 19.3 Å².